The molecule has 0 aromatic heterocycles. The highest BCUT2D eigenvalue weighted by atomic mass is 16.2. The minimum absolute atomic E-state index is 0.0916. The largest absolute Gasteiger partial charge is 0.357 e. The fourth-order valence-electron chi connectivity index (χ4n) is 3.51. The molecule has 27 heavy (non-hydrogen) atoms. The van der Waals surface area contributed by atoms with Gasteiger partial charge in [0.2, 0.25) is 11.8 Å². The van der Waals surface area contributed by atoms with Gasteiger partial charge in [0.1, 0.15) is 0 Å². The lowest BCUT2D eigenvalue weighted by molar-refractivity contribution is -0.131. The predicted octanol–water partition coefficient (Wildman–Crippen LogP) is 1.84. The van der Waals surface area contributed by atoms with Gasteiger partial charge in [0.15, 0.2) is 5.96 Å². The number of rotatable bonds is 10. The lowest BCUT2D eigenvalue weighted by Gasteiger charge is -2.25. The summed E-state index contributed by atoms with van der Waals surface area (Å²) >= 11 is 0. The van der Waals surface area contributed by atoms with Crippen molar-refractivity contribution in [3.05, 3.63) is 0 Å². The minimum atomic E-state index is 0.0916. The second-order valence-electron chi connectivity index (χ2n) is 7.22. The van der Waals surface area contributed by atoms with Crippen molar-refractivity contribution in [2.75, 3.05) is 46.3 Å². The van der Waals surface area contributed by atoms with E-state index in [0.29, 0.717) is 51.0 Å². The molecule has 0 aromatic carbocycles. The average molecular weight is 382 g/mol. The number of aliphatic imine (C=N–C) groups is 1. The van der Waals surface area contributed by atoms with Crippen LogP contribution < -0.4 is 10.6 Å². The highest BCUT2D eigenvalue weighted by molar-refractivity contribution is 5.86. The lowest BCUT2D eigenvalue weighted by atomic mass is 9.87. The van der Waals surface area contributed by atoms with Crippen molar-refractivity contribution < 1.29 is 9.59 Å². The summed E-state index contributed by atoms with van der Waals surface area (Å²) in [5.41, 5.74) is 0. The molecule has 0 saturated heterocycles. The first-order chi connectivity index (χ1) is 13.0. The van der Waals surface area contributed by atoms with Crippen LogP contribution in [0.25, 0.3) is 0 Å². The van der Waals surface area contributed by atoms with Crippen LogP contribution in [0.5, 0.6) is 0 Å². The second kappa shape index (κ2) is 13.4. The standard InChI is InChI=1S/C20H39N5O2/c1-5-21-20(24(4)16-19(27)25(6-2)7-3)23-14-13-22-18(26)15-17-11-9-8-10-12-17/h17H,5-16H2,1-4H3,(H,21,23)(H,22,26). The predicted molar refractivity (Wildman–Crippen MR) is 111 cm³/mol. The molecule has 7 heteroatoms. The van der Waals surface area contributed by atoms with Crippen molar-refractivity contribution >= 4 is 17.8 Å². The van der Waals surface area contributed by atoms with Crippen molar-refractivity contribution in [2.24, 2.45) is 10.9 Å². The van der Waals surface area contributed by atoms with Gasteiger partial charge in [-0.25, -0.2) is 0 Å². The highest BCUT2D eigenvalue weighted by Crippen LogP contribution is 2.25. The zero-order valence-corrected chi connectivity index (χ0v) is 17.7. The first kappa shape index (κ1) is 23.2. The number of likely N-dealkylation sites (N-methyl/N-ethyl adjacent to an activating group) is 2. The molecule has 0 bridgehead atoms. The Kier molecular flexibility index (Phi) is 11.5. The van der Waals surface area contributed by atoms with Gasteiger partial charge in [-0.15, -0.1) is 0 Å². The van der Waals surface area contributed by atoms with Gasteiger partial charge in [0, 0.05) is 39.6 Å². The average Bonchev–Trinajstić information content (AvgIpc) is 2.66. The van der Waals surface area contributed by atoms with Crippen LogP contribution in [-0.4, -0.2) is 73.9 Å². The van der Waals surface area contributed by atoms with Gasteiger partial charge in [-0.05, 0) is 39.5 Å². The van der Waals surface area contributed by atoms with Crippen molar-refractivity contribution in [3.8, 4) is 0 Å². The number of nitrogens with zero attached hydrogens (tertiary/aromatic N) is 3. The van der Waals surface area contributed by atoms with Gasteiger partial charge in [0.05, 0.1) is 13.1 Å². The summed E-state index contributed by atoms with van der Waals surface area (Å²) in [5.74, 6) is 1.47. The quantitative estimate of drug-likeness (QED) is 0.344. The summed E-state index contributed by atoms with van der Waals surface area (Å²) in [6.45, 7) is 9.45. The summed E-state index contributed by atoms with van der Waals surface area (Å²) < 4.78 is 0. The third-order valence-electron chi connectivity index (χ3n) is 5.08. The van der Waals surface area contributed by atoms with Gasteiger partial charge >= 0.3 is 0 Å². The normalized spacial score (nSPS) is 15.3. The van der Waals surface area contributed by atoms with E-state index in [1.54, 1.807) is 0 Å². The Balaban J connectivity index is 2.40. The Morgan fingerprint density at radius 1 is 1.04 bits per heavy atom. The molecule has 0 heterocycles. The van der Waals surface area contributed by atoms with E-state index in [9.17, 15) is 9.59 Å². The fourth-order valence-corrected chi connectivity index (χ4v) is 3.51. The van der Waals surface area contributed by atoms with Gasteiger partial charge in [-0.1, -0.05) is 19.3 Å². The van der Waals surface area contributed by atoms with Gasteiger partial charge < -0.3 is 20.4 Å². The summed E-state index contributed by atoms with van der Waals surface area (Å²) in [6, 6.07) is 0. The maximum absolute atomic E-state index is 12.3. The minimum Gasteiger partial charge on any atom is -0.357 e. The number of hydrogen-bond donors (Lipinski definition) is 2. The molecular formula is C20H39N5O2. The van der Waals surface area contributed by atoms with Gasteiger partial charge in [0.25, 0.3) is 0 Å². The Hall–Kier alpha value is -1.79. The number of amides is 2. The van der Waals surface area contributed by atoms with Crippen LogP contribution in [0.3, 0.4) is 0 Å². The Labute approximate surface area is 165 Å². The molecule has 1 aliphatic rings. The summed E-state index contributed by atoms with van der Waals surface area (Å²) in [7, 11) is 1.87. The molecule has 2 amide bonds. The molecule has 7 nitrogen and oxygen atoms in total. The first-order valence-corrected chi connectivity index (χ1v) is 10.6. The van der Waals surface area contributed by atoms with Crippen LogP contribution in [0.1, 0.15) is 59.3 Å². The summed E-state index contributed by atoms with van der Waals surface area (Å²) in [5, 5.41) is 6.19. The molecular weight excluding hydrogens is 342 g/mol. The molecule has 1 rings (SSSR count). The maximum atomic E-state index is 12.3. The van der Waals surface area contributed by atoms with Crippen LogP contribution in [0.4, 0.5) is 0 Å². The number of hydrogen-bond acceptors (Lipinski definition) is 3. The molecule has 0 radical (unpaired) electrons. The Morgan fingerprint density at radius 2 is 1.70 bits per heavy atom. The topological polar surface area (TPSA) is 77.0 Å². The van der Waals surface area contributed by atoms with E-state index in [4.69, 9.17) is 0 Å². The van der Waals surface area contributed by atoms with Gasteiger partial charge in [-0.2, -0.15) is 0 Å². The third kappa shape index (κ3) is 9.11. The monoisotopic (exact) mass is 381 g/mol. The van der Waals surface area contributed by atoms with Crippen LogP contribution in [-0.2, 0) is 9.59 Å². The SMILES string of the molecule is CCNC(=NCCNC(=O)CC1CCCCC1)N(C)CC(=O)N(CC)CC. The van der Waals surface area contributed by atoms with E-state index in [1.807, 2.05) is 37.6 Å². The molecule has 2 N–H and O–H groups in total. The smallest absolute Gasteiger partial charge is 0.242 e. The zero-order chi connectivity index (χ0) is 20.1. The number of nitrogens with one attached hydrogen (secondary N) is 2. The summed E-state index contributed by atoms with van der Waals surface area (Å²) in [6.07, 6.45) is 6.83. The molecule has 0 spiro atoms. The molecule has 0 aromatic rings. The van der Waals surface area contributed by atoms with Crippen LogP contribution in [0.15, 0.2) is 4.99 Å². The van der Waals surface area contributed by atoms with Crippen LogP contribution >= 0.6 is 0 Å². The maximum Gasteiger partial charge on any atom is 0.242 e. The van der Waals surface area contributed by atoms with Crippen LogP contribution in [0, 0.1) is 5.92 Å². The van der Waals surface area contributed by atoms with Crippen molar-refractivity contribution in [1.29, 1.82) is 0 Å². The number of carbonyl (C=O) groups excluding carboxylic acids is 2. The van der Waals surface area contributed by atoms with E-state index in [1.165, 1.54) is 32.1 Å². The fraction of sp³-hybridized carbons (Fsp3) is 0.850. The third-order valence-corrected chi connectivity index (χ3v) is 5.08. The Bertz CT molecular complexity index is 471. The van der Waals surface area contributed by atoms with Crippen molar-refractivity contribution in [3.63, 3.8) is 0 Å². The van der Waals surface area contributed by atoms with Crippen LogP contribution in [0.2, 0.25) is 0 Å². The molecule has 156 valence electrons. The highest BCUT2D eigenvalue weighted by Gasteiger charge is 2.17. The summed E-state index contributed by atoms with van der Waals surface area (Å²) in [4.78, 5) is 32.5. The first-order valence-electron chi connectivity index (χ1n) is 10.6. The molecule has 1 fully saturated rings. The van der Waals surface area contributed by atoms with E-state index >= 15 is 0 Å². The second-order valence-corrected chi connectivity index (χ2v) is 7.22. The van der Waals surface area contributed by atoms with E-state index < -0.39 is 0 Å². The molecule has 1 saturated carbocycles. The molecule has 0 atom stereocenters. The number of guanidine groups is 1. The van der Waals surface area contributed by atoms with E-state index in [-0.39, 0.29) is 11.8 Å². The van der Waals surface area contributed by atoms with Crippen molar-refractivity contribution in [1.82, 2.24) is 20.4 Å². The van der Waals surface area contributed by atoms with Crippen molar-refractivity contribution in [2.45, 2.75) is 59.3 Å². The van der Waals surface area contributed by atoms with E-state index in [2.05, 4.69) is 15.6 Å². The van der Waals surface area contributed by atoms with Gasteiger partial charge in [-0.3, -0.25) is 14.6 Å². The van der Waals surface area contributed by atoms with E-state index in [0.717, 1.165) is 6.54 Å². The Morgan fingerprint density at radius 3 is 2.30 bits per heavy atom. The zero-order valence-electron chi connectivity index (χ0n) is 17.7. The molecule has 0 aliphatic heterocycles. The number of carbonyl (C=O) groups is 2. The lowest BCUT2D eigenvalue weighted by Crippen LogP contribution is -2.46. The molecule has 1 aliphatic carbocycles. The molecule has 0 unspecified atom stereocenters.